The van der Waals surface area contributed by atoms with Crippen molar-refractivity contribution in [2.45, 2.75) is 6.42 Å². The van der Waals surface area contributed by atoms with Gasteiger partial charge in [-0.15, -0.1) is 17.5 Å². The zero-order valence-electron chi connectivity index (χ0n) is 4.74. The van der Waals surface area contributed by atoms with E-state index in [1.165, 1.54) is 0 Å². The van der Waals surface area contributed by atoms with Gasteiger partial charge in [-0.1, -0.05) is 0 Å². The number of nitrogens with zero attached hydrogens (tertiary/aromatic N) is 3. The minimum Gasteiger partial charge on any atom is -0.330 e. The topological polar surface area (TPSA) is 80.5 Å². The monoisotopic (exact) mass is 149 g/mol. The van der Waals surface area contributed by atoms with Gasteiger partial charge in [-0.25, -0.2) is 5.10 Å². The predicted molar refractivity (Wildman–Crippen MR) is 34.2 cm³/mol. The first-order valence-electron chi connectivity index (χ1n) is 2.36. The molecule has 0 atom stereocenters. The Balaban J connectivity index is 0.000000640. The van der Waals surface area contributed by atoms with Gasteiger partial charge in [-0.05, 0) is 17.0 Å². The first-order valence-corrected chi connectivity index (χ1v) is 2.36. The molecule has 0 radical (unpaired) electrons. The lowest BCUT2D eigenvalue weighted by atomic mass is 10.4. The molecule has 5 nitrogen and oxygen atoms in total. The molecule has 6 heteroatoms. The molecule has 1 aromatic rings. The van der Waals surface area contributed by atoms with Crippen LogP contribution in [0, 0.1) is 0 Å². The van der Waals surface area contributed by atoms with Crippen LogP contribution >= 0.6 is 12.4 Å². The normalized spacial score (nSPS) is 8.56. The van der Waals surface area contributed by atoms with Gasteiger partial charge in [-0.2, -0.15) is 0 Å². The molecule has 1 aromatic heterocycles. The summed E-state index contributed by atoms with van der Waals surface area (Å²) in [4.78, 5) is 0. The highest BCUT2D eigenvalue weighted by Gasteiger charge is 1.90. The zero-order chi connectivity index (χ0) is 5.82. The molecule has 9 heavy (non-hydrogen) atoms. The second kappa shape index (κ2) is 4.22. The number of nitrogens with two attached hydrogens (primary N) is 1. The summed E-state index contributed by atoms with van der Waals surface area (Å²) in [5.74, 6) is 0.743. The summed E-state index contributed by atoms with van der Waals surface area (Å²) >= 11 is 0. The smallest absolute Gasteiger partial charge is 0.149 e. The van der Waals surface area contributed by atoms with Gasteiger partial charge in [-0.3, -0.25) is 0 Å². The standard InChI is InChI=1S/C3H7N5.ClH/c4-2-1-3-5-7-8-6-3;/h1-2,4H2,(H,5,6,7,8);1H. The van der Waals surface area contributed by atoms with Crippen molar-refractivity contribution in [2.24, 2.45) is 5.73 Å². The molecule has 52 valence electrons. The van der Waals surface area contributed by atoms with E-state index in [1.54, 1.807) is 0 Å². The first-order chi connectivity index (χ1) is 3.93. The molecule has 0 saturated carbocycles. The third-order valence-electron chi connectivity index (χ3n) is 0.770. The highest BCUT2D eigenvalue weighted by atomic mass is 35.5. The zero-order valence-corrected chi connectivity index (χ0v) is 5.56. The molecule has 0 aromatic carbocycles. The van der Waals surface area contributed by atoms with Gasteiger partial charge in [0.25, 0.3) is 0 Å². The number of halogens is 1. The van der Waals surface area contributed by atoms with Gasteiger partial charge in [0.05, 0.1) is 0 Å². The lowest BCUT2D eigenvalue weighted by Crippen LogP contribution is -2.03. The van der Waals surface area contributed by atoms with E-state index in [9.17, 15) is 0 Å². The number of nitrogens with one attached hydrogen (secondary N) is 1. The van der Waals surface area contributed by atoms with Crippen molar-refractivity contribution in [1.29, 1.82) is 0 Å². The van der Waals surface area contributed by atoms with Crippen LogP contribution in [-0.4, -0.2) is 27.2 Å². The lowest BCUT2D eigenvalue weighted by molar-refractivity contribution is 0.874. The van der Waals surface area contributed by atoms with Gasteiger partial charge in [0.2, 0.25) is 0 Å². The van der Waals surface area contributed by atoms with Crippen molar-refractivity contribution >= 4 is 12.4 Å². The quantitative estimate of drug-likeness (QED) is 0.573. The molecule has 0 aliphatic carbocycles. The van der Waals surface area contributed by atoms with E-state index in [1.807, 2.05) is 0 Å². The van der Waals surface area contributed by atoms with Gasteiger partial charge < -0.3 is 5.73 Å². The Morgan fingerprint density at radius 1 is 1.56 bits per heavy atom. The van der Waals surface area contributed by atoms with E-state index in [2.05, 4.69) is 20.6 Å². The van der Waals surface area contributed by atoms with Gasteiger partial charge in [0.15, 0.2) is 0 Å². The van der Waals surface area contributed by atoms with Crippen LogP contribution in [0.25, 0.3) is 0 Å². The molecule has 0 fully saturated rings. The average Bonchev–Trinajstić information content (AvgIpc) is 2.19. The van der Waals surface area contributed by atoms with E-state index in [0.717, 1.165) is 5.82 Å². The van der Waals surface area contributed by atoms with Crippen molar-refractivity contribution < 1.29 is 0 Å². The van der Waals surface area contributed by atoms with Crippen LogP contribution in [0.1, 0.15) is 5.82 Å². The molecule has 0 aliphatic rings. The largest absolute Gasteiger partial charge is 0.330 e. The summed E-state index contributed by atoms with van der Waals surface area (Å²) in [7, 11) is 0. The Labute approximate surface area is 58.4 Å². The van der Waals surface area contributed by atoms with E-state index in [-0.39, 0.29) is 12.4 Å². The molecular formula is C3H8ClN5. The Bertz CT molecular complexity index is 138. The minimum absolute atomic E-state index is 0. The molecule has 1 rings (SSSR count). The molecule has 0 aliphatic heterocycles. The SMILES string of the molecule is Cl.NCCc1nnn[nH]1. The molecule has 3 N–H and O–H groups in total. The number of tetrazole rings is 1. The van der Waals surface area contributed by atoms with E-state index < -0.39 is 0 Å². The fourth-order valence-corrected chi connectivity index (χ4v) is 0.421. The Morgan fingerprint density at radius 3 is 2.78 bits per heavy atom. The highest BCUT2D eigenvalue weighted by molar-refractivity contribution is 5.85. The maximum Gasteiger partial charge on any atom is 0.149 e. The summed E-state index contributed by atoms with van der Waals surface area (Å²) in [6.45, 7) is 0.580. The van der Waals surface area contributed by atoms with Crippen LogP contribution in [0.4, 0.5) is 0 Å². The number of hydrogen-bond donors (Lipinski definition) is 2. The molecule has 1 heterocycles. The van der Waals surface area contributed by atoms with Crippen molar-refractivity contribution in [3.63, 3.8) is 0 Å². The number of aromatic nitrogens is 4. The Kier molecular flexibility index (Phi) is 3.90. The number of aromatic amines is 1. The lowest BCUT2D eigenvalue weighted by Gasteiger charge is -1.83. The second-order valence-electron chi connectivity index (χ2n) is 1.39. The molecule has 0 amide bonds. The maximum atomic E-state index is 5.20. The van der Waals surface area contributed by atoms with Crippen LogP contribution < -0.4 is 5.73 Å². The summed E-state index contributed by atoms with van der Waals surface area (Å²) in [5, 5.41) is 12.9. The number of rotatable bonds is 2. The van der Waals surface area contributed by atoms with Gasteiger partial charge >= 0.3 is 0 Å². The Hall–Kier alpha value is -0.680. The van der Waals surface area contributed by atoms with Crippen molar-refractivity contribution in [3.8, 4) is 0 Å². The van der Waals surface area contributed by atoms with Gasteiger partial charge in [0, 0.05) is 6.42 Å². The molecule has 0 saturated heterocycles. The highest BCUT2D eigenvalue weighted by Crippen LogP contribution is 1.79. The number of H-pyrrole nitrogens is 1. The van der Waals surface area contributed by atoms with Crippen molar-refractivity contribution in [1.82, 2.24) is 20.6 Å². The summed E-state index contributed by atoms with van der Waals surface area (Å²) in [6, 6.07) is 0. The fraction of sp³-hybridized carbons (Fsp3) is 0.667. The van der Waals surface area contributed by atoms with Crippen LogP contribution in [0.15, 0.2) is 0 Å². The predicted octanol–water partition coefficient (Wildman–Crippen LogP) is -0.877. The number of hydrogen-bond acceptors (Lipinski definition) is 4. The van der Waals surface area contributed by atoms with E-state index in [0.29, 0.717) is 13.0 Å². The second-order valence-corrected chi connectivity index (χ2v) is 1.39. The third kappa shape index (κ3) is 2.39. The molecular weight excluding hydrogens is 142 g/mol. The molecule has 0 spiro atoms. The first kappa shape index (κ1) is 8.32. The summed E-state index contributed by atoms with van der Waals surface area (Å²) in [6.07, 6.45) is 0.715. The fourth-order valence-electron chi connectivity index (χ4n) is 0.421. The van der Waals surface area contributed by atoms with Crippen LogP contribution in [0.5, 0.6) is 0 Å². The molecule has 0 unspecified atom stereocenters. The van der Waals surface area contributed by atoms with E-state index >= 15 is 0 Å². The van der Waals surface area contributed by atoms with Gasteiger partial charge in [0.1, 0.15) is 5.82 Å². The maximum absolute atomic E-state index is 5.20. The van der Waals surface area contributed by atoms with Crippen LogP contribution in [0.2, 0.25) is 0 Å². The van der Waals surface area contributed by atoms with Crippen molar-refractivity contribution in [2.75, 3.05) is 6.54 Å². The van der Waals surface area contributed by atoms with Crippen LogP contribution in [0.3, 0.4) is 0 Å². The Morgan fingerprint density at radius 2 is 2.33 bits per heavy atom. The summed E-state index contributed by atoms with van der Waals surface area (Å²) in [5.41, 5.74) is 5.20. The van der Waals surface area contributed by atoms with E-state index in [4.69, 9.17) is 5.73 Å². The third-order valence-corrected chi connectivity index (χ3v) is 0.770. The minimum atomic E-state index is 0. The van der Waals surface area contributed by atoms with Crippen LogP contribution in [-0.2, 0) is 6.42 Å². The average molecular weight is 150 g/mol. The van der Waals surface area contributed by atoms with Crippen molar-refractivity contribution in [3.05, 3.63) is 5.82 Å². The molecule has 0 bridgehead atoms. The summed E-state index contributed by atoms with van der Waals surface area (Å²) < 4.78 is 0.